The maximum Gasteiger partial charge on any atom is 0.124 e. The van der Waals surface area contributed by atoms with Crippen LogP contribution in [0.25, 0.3) is 20.8 Å². The lowest BCUT2D eigenvalue weighted by atomic mass is 10.2. The summed E-state index contributed by atoms with van der Waals surface area (Å²) in [5.74, 6) is 0.822. The van der Waals surface area contributed by atoms with Crippen molar-refractivity contribution in [1.82, 2.24) is 4.98 Å². The van der Waals surface area contributed by atoms with Crippen molar-refractivity contribution in [2.24, 2.45) is 5.18 Å². The van der Waals surface area contributed by atoms with Crippen LogP contribution < -0.4 is 4.74 Å². The van der Waals surface area contributed by atoms with Gasteiger partial charge in [-0.1, -0.05) is 0 Å². The number of hydrogen-bond acceptors (Lipinski definition) is 5. The Morgan fingerprint density at radius 2 is 1.95 bits per heavy atom. The fourth-order valence-electron chi connectivity index (χ4n) is 1.82. The summed E-state index contributed by atoms with van der Waals surface area (Å²) >= 11 is 1.59. The molecule has 0 atom stereocenters. The van der Waals surface area contributed by atoms with Crippen LogP contribution in [0, 0.1) is 4.91 Å². The molecule has 0 spiro atoms. The van der Waals surface area contributed by atoms with Crippen LogP contribution in [-0.4, -0.2) is 12.1 Å². The first kappa shape index (κ1) is 11.8. The first-order chi connectivity index (χ1) is 9.30. The largest absolute Gasteiger partial charge is 0.497 e. The SMILES string of the molecule is COc1ccc2nc(-c3ccc(N=O)cc3)sc2c1. The molecule has 0 aliphatic rings. The van der Waals surface area contributed by atoms with Crippen molar-refractivity contribution in [3.05, 3.63) is 47.4 Å². The Morgan fingerprint density at radius 1 is 1.16 bits per heavy atom. The second-order valence-corrected chi connectivity index (χ2v) is 5.02. The number of aromatic nitrogens is 1. The lowest BCUT2D eigenvalue weighted by Gasteiger charge is -1.96. The summed E-state index contributed by atoms with van der Waals surface area (Å²) < 4.78 is 6.28. The van der Waals surface area contributed by atoms with Gasteiger partial charge in [0.2, 0.25) is 0 Å². The molecule has 0 saturated carbocycles. The van der Waals surface area contributed by atoms with Crippen molar-refractivity contribution in [2.45, 2.75) is 0 Å². The Morgan fingerprint density at radius 3 is 2.63 bits per heavy atom. The maximum absolute atomic E-state index is 10.4. The highest BCUT2D eigenvalue weighted by atomic mass is 32.1. The van der Waals surface area contributed by atoms with Crippen molar-refractivity contribution in [3.8, 4) is 16.3 Å². The van der Waals surface area contributed by atoms with Gasteiger partial charge in [-0.15, -0.1) is 16.2 Å². The molecule has 3 aromatic rings. The zero-order valence-corrected chi connectivity index (χ0v) is 11.0. The summed E-state index contributed by atoms with van der Waals surface area (Å²) in [7, 11) is 1.65. The highest BCUT2D eigenvalue weighted by Gasteiger charge is 2.07. The number of ether oxygens (including phenoxy) is 1. The predicted molar refractivity (Wildman–Crippen MR) is 77.1 cm³/mol. The van der Waals surface area contributed by atoms with Crippen molar-refractivity contribution in [1.29, 1.82) is 0 Å². The molecular weight excluding hydrogens is 260 g/mol. The minimum absolute atomic E-state index is 0.423. The molecule has 5 heteroatoms. The molecule has 4 nitrogen and oxygen atoms in total. The van der Waals surface area contributed by atoms with E-state index in [0.29, 0.717) is 5.69 Å². The molecule has 19 heavy (non-hydrogen) atoms. The average Bonchev–Trinajstić information content (AvgIpc) is 2.90. The summed E-state index contributed by atoms with van der Waals surface area (Å²) in [6.45, 7) is 0. The molecule has 0 aliphatic heterocycles. The molecule has 3 rings (SSSR count). The zero-order chi connectivity index (χ0) is 13.2. The number of nitroso groups, excluding NO2 is 1. The van der Waals surface area contributed by atoms with E-state index in [2.05, 4.69) is 10.2 Å². The monoisotopic (exact) mass is 270 g/mol. The fourth-order valence-corrected chi connectivity index (χ4v) is 2.82. The predicted octanol–water partition coefficient (Wildman–Crippen LogP) is 4.37. The third kappa shape index (κ3) is 2.20. The van der Waals surface area contributed by atoms with Crippen LogP contribution in [0.4, 0.5) is 5.69 Å². The van der Waals surface area contributed by atoms with Crippen LogP contribution >= 0.6 is 11.3 Å². The smallest absolute Gasteiger partial charge is 0.124 e. The fraction of sp³-hybridized carbons (Fsp3) is 0.0714. The first-order valence-electron chi connectivity index (χ1n) is 5.68. The van der Waals surface area contributed by atoms with Gasteiger partial charge in [-0.3, -0.25) is 0 Å². The van der Waals surface area contributed by atoms with Crippen molar-refractivity contribution >= 4 is 27.2 Å². The third-order valence-electron chi connectivity index (χ3n) is 2.82. The van der Waals surface area contributed by atoms with E-state index in [-0.39, 0.29) is 0 Å². The lowest BCUT2D eigenvalue weighted by molar-refractivity contribution is 0.415. The lowest BCUT2D eigenvalue weighted by Crippen LogP contribution is -1.80. The van der Waals surface area contributed by atoms with Gasteiger partial charge in [-0.2, -0.15) is 0 Å². The number of thiazole rings is 1. The van der Waals surface area contributed by atoms with Crippen LogP contribution in [0.1, 0.15) is 0 Å². The number of rotatable bonds is 3. The van der Waals surface area contributed by atoms with Crippen LogP contribution in [0.15, 0.2) is 47.6 Å². The van der Waals surface area contributed by atoms with Gasteiger partial charge in [0, 0.05) is 5.56 Å². The van der Waals surface area contributed by atoms with E-state index in [1.54, 1.807) is 30.6 Å². The molecule has 2 aromatic carbocycles. The minimum Gasteiger partial charge on any atom is -0.497 e. The molecule has 0 fully saturated rings. The third-order valence-corrected chi connectivity index (χ3v) is 3.88. The zero-order valence-electron chi connectivity index (χ0n) is 10.2. The van der Waals surface area contributed by atoms with E-state index >= 15 is 0 Å². The number of methoxy groups -OCH3 is 1. The summed E-state index contributed by atoms with van der Waals surface area (Å²) in [6.07, 6.45) is 0. The highest BCUT2D eigenvalue weighted by Crippen LogP contribution is 2.32. The number of hydrogen-bond donors (Lipinski definition) is 0. The molecule has 0 amide bonds. The molecular formula is C14H10N2O2S. The topological polar surface area (TPSA) is 51.6 Å². The van der Waals surface area contributed by atoms with Gasteiger partial charge in [0.1, 0.15) is 16.4 Å². The molecule has 0 bridgehead atoms. The molecule has 1 heterocycles. The molecule has 0 saturated heterocycles. The van der Waals surface area contributed by atoms with Crippen molar-refractivity contribution in [3.63, 3.8) is 0 Å². The molecule has 0 aliphatic carbocycles. The molecule has 0 radical (unpaired) electrons. The quantitative estimate of drug-likeness (QED) is 0.664. The Balaban J connectivity index is 2.06. The summed E-state index contributed by atoms with van der Waals surface area (Å²) in [5, 5.41) is 3.80. The van der Waals surface area contributed by atoms with E-state index in [1.807, 2.05) is 30.3 Å². The Bertz CT molecular complexity index is 735. The van der Waals surface area contributed by atoms with E-state index in [9.17, 15) is 4.91 Å². The standard InChI is InChI=1S/C14H10N2O2S/c1-18-11-6-7-12-13(8-11)19-14(15-12)9-2-4-10(16-17)5-3-9/h2-8H,1H3. The second kappa shape index (κ2) is 4.78. The van der Waals surface area contributed by atoms with Gasteiger partial charge in [0.15, 0.2) is 0 Å². The van der Waals surface area contributed by atoms with Crippen molar-refractivity contribution in [2.75, 3.05) is 7.11 Å². The average molecular weight is 270 g/mol. The highest BCUT2D eigenvalue weighted by molar-refractivity contribution is 7.21. The van der Waals surface area contributed by atoms with Gasteiger partial charge in [-0.25, -0.2) is 4.98 Å². The minimum atomic E-state index is 0.423. The Kier molecular flexibility index (Phi) is 2.97. The van der Waals surface area contributed by atoms with Crippen LogP contribution in [-0.2, 0) is 0 Å². The normalized spacial score (nSPS) is 10.6. The maximum atomic E-state index is 10.4. The number of benzene rings is 2. The summed E-state index contributed by atoms with van der Waals surface area (Å²) in [5.41, 5.74) is 2.34. The van der Waals surface area contributed by atoms with E-state index in [0.717, 1.165) is 26.5 Å². The second-order valence-electron chi connectivity index (χ2n) is 3.99. The molecule has 0 N–H and O–H groups in total. The van der Waals surface area contributed by atoms with Gasteiger partial charge >= 0.3 is 0 Å². The first-order valence-corrected chi connectivity index (χ1v) is 6.50. The molecule has 0 unspecified atom stereocenters. The van der Waals surface area contributed by atoms with Gasteiger partial charge in [0.05, 0.1) is 17.3 Å². The Hall–Kier alpha value is -2.27. The van der Waals surface area contributed by atoms with E-state index in [4.69, 9.17) is 4.74 Å². The van der Waals surface area contributed by atoms with E-state index < -0.39 is 0 Å². The molecule has 94 valence electrons. The Labute approximate surface area is 113 Å². The van der Waals surface area contributed by atoms with E-state index in [1.165, 1.54) is 0 Å². The van der Waals surface area contributed by atoms with Crippen LogP contribution in [0.2, 0.25) is 0 Å². The summed E-state index contributed by atoms with van der Waals surface area (Å²) in [6, 6.07) is 12.9. The number of fused-ring (bicyclic) bond motifs is 1. The van der Waals surface area contributed by atoms with Crippen LogP contribution in [0.5, 0.6) is 5.75 Å². The summed E-state index contributed by atoms with van der Waals surface area (Å²) in [4.78, 5) is 15.0. The van der Waals surface area contributed by atoms with Crippen LogP contribution in [0.3, 0.4) is 0 Å². The van der Waals surface area contributed by atoms with Crippen molar-refractivity contribution < 1.29 is 4.74 Å². The van der Waals surface area contributed by atoms with Gasteiger partial charge in [0.25, 0.3) is 0 Å². The van der Waals surface area contributed by atoms with Gasteiger partial charge < -0.3 is 4.74 Å². The molecule has 1 aromatic heterocycles. The van der Waals surface area contributed by atoms with Gasteiger partial charge in [-0.05, 0) is 47.6 Å². The number of nitrogens with zero attached hydrogens (tertiary/aromatic N) is 2.